The fourth-order valence-electron chi connectivity index (χ4n) is 3.71. The van der Waals surface area contributed by atoms with Gasteiger partial charge in [0, 0.05) is 25.4 Å². The minimum atomic E-state index is 0. The van der Waals surface area contributed by atoms with Gasteiger partial charge in [0.05, 0.1) is 0 Å². The normalized spacial score (nSPS) is 22.0. The van der Waals surface area contributed by atoms with Gasteiger partial charge in [0.15, 0.2) is 0 Å². The maximum Gasteiger partial charge on any atom is 0.222 e. The quantitative estimate of drug-likeness (QED) is 0.860. The van der Waals surface area contributed by atoms with Gasteiger partial charge in [-0.2, -0.15) is 0 Å². The third-order valence-electron chi connectivity index (χ3n) is 4.72. The van der Waals surface area contributed by atoms with Crippen molar-refractivity contribution in [3.63, 3.8) is 0 Å². The number of amides is 1. The molecule has 0 radical (unpaired) electrons. The zero-order valence-electron chi connectivity index (χ0n) is 14.6. The molecule has 1 aliphatic rings. The fourth-order valence-corrected chi connectivity index (χ4v) is 3.71. The lowest BCUT2D eigenvalue weighted by Gasteiger charge is -2.20. The second-order valence-corrected chi connectivity index (χ2v) is 7.25. The van der Waals surface area contributed by atoms with Gasteiger partial charge in [-0.15, -0.1) is 12.4 Å². The molecular formula is C19H31ClN2O. The molecule has 1 amide bonds. The molecule has 1 aromatic carbocycles. The Morgan fingerprint density at radius 2 is 1.87 bits per heavy atom. The van der Waals surface area contributed by atoms with Gasteiger partial charge in [-0.1, -0.05) is 51.1 Å². The van der Waals surface area contributed by atoms with E-state index in [0.717, 1.165) is 19.5 Å². The zero-order chi connectivity index (χ0) is 16.1. The average Bonchev–Trinajstić information content (AvgIpc) is 2.91. The molecule has 1 saturated heterocycles. The van der Waals surface area contributed by atoms with Gasteiger partial charge in [0.25, 0.3) is 0 Å². The molecule has 0 spiro atoms. The van der Waals surface area contributed by atoms with E-state index in [1.165, 1.54) is 5.56 Å². The van der Waals surface area contributed by atoms with E-state index in [2.05, 4.69) is 45.0 Å². The van der Waals surface area contributed by atoms with Crippen LogP contribution in [0.25, 0.3) is 0 Å². The first kappa shape index (κ1) is 20.0. The van der Waals surface area contributed by atoms with E-state index in [1.807, 2.05) is 11.0 Å². The first-order chi connectivity index (χ1) is 10.5. The summed E-state index contributed by atoms with van der Waals surface area (Å²) in [5.74, 6) is 2.17. The highest BCUT2D eigenvalue weighted by atomic mass is 35.5. The molecule has 130 valence electrons. The highest BCUT2D eigenvalue weighted by Gasteiger charge is 2.35. The molecule has 1 unspecified atom stereocenters. The van der Waals surface area contributed by atoms with Gasteiger partial charge in [-0.05, 0) is 36.3 Å². The van der Waals surface area contributed by atoms with Crippen LogP contribution in [0.15, 0.2) is 30.3 Å². The van der Waals surface area contributed by atoms with Crippen molar-refractivity contribution in [2.24, 2.45) is 23.5 Å². The molecule has 1 heterocycles. The number of hydrogen-bond donors (Lipinski definition) is 1. The third-order valence-corrected chi connectivity index (χ3v) is 4.72. The number of rotatable bonds is 6. The topological polar surface area (TPSA) is 46.3 Å². The third kappa shape index (κ3) is 5.50. The summed E-state index contributed by atoms with van der Waals surface area (Å²) in [5, 5.41) is 0. The first-order valence-electron chi connectivity index (χ1n) is 8.54. The lowest BCUT2D eigenvalue weighted by Crippen LogP contribution is -2.31. The Morgan fingerprint density at radius 3 is 2.43 bits per heavy atom. The number of hydrogen-bond acceptors (Lipinski definition) is 2. The van der Waals surface area contributed by atoms with Gasteiger partial charge < -0.3 is 10.6 Å². The minimum Gasteiger partial charge on any atom is -0.342 e. The standard InChI is InChI=1S/C19H30N2O.ClH/c1-14(2)9-15(3)10-19(22)21-12-17(11-20)18(13-21)16-7-5-4-6-8-16;/h4-8,14-15,17-18H,9-13,20H2,1-3H3;1H/t15?,17-,18+;/m1./s1. The Hall–Kier alpha value is -1.06. The van der Waals surface area contributed by atoms with Crippen molar-refractivity contribution < 1.29 is 4.79 Å². The van der Waals surface area contributed by atoms with Crippen molar-refractivity contribution in [2.75, 3.05) is 19.6 Å². The predicted molar refractivity (Wildman–Crippen MR) is 98.8 cm³/mol. The zero-order valence-corrected chi connectivity index (χ0v) is 15.4. The van der Waals surface area contributed by atoms with Crippen LogP contribution < -0.4 is 5.73 Å². The molecule has 1 fully saturated rings. The molecule has 3 nitrogen and oxygen atoms in total. The monoisotopic (exact) mass is 338 g/mol. The SMILES string of the molecule is CC(C)CC(C)CC(=O)N1C[C@@H](CN)[C@H](c2ccccc2)C1.Cl. The highest BCUT2D eigenvalue weighted by Crippen LogP contribution is 2.32. The van der Waals surface area contributed by atoms with E-state index in [0.29, 0.717) is 42.5 Å². The molecule has 0 saturated carbocycles. The molecule has 2 N–H and O–H groups in total. The van der Waals surface area contributed by atoms with Gasteiger partial charge in [0.2, 0.25) is 5.91 Å². The van der Waals surface area contributed by atoms with Crippen LogP contribution in [0.1, 0.15) is 45.1 Å². The minimum absolute atomic E-state index is 0. The Labute approximate surface area is 147 Å². The summed E-state index contributed by atoms with van der Waals surface area (Å²) < 4.78 is 0. The van der Waals surface area contributed by atoms with Crippen LogP contribution in [0.3, 0.4) is 0 Å². The lowest BCUT2D eigenvalue weighted by molar-refractivity contribution is -0.131. The first-order valence-corrected chi connectivity index (χ1v) is 8.54. The molecule has 3 atom stereocenters. The van der Waals surface area contributed by atoms with E-state index in [-0.39, 0.29) is 12.4 Å². The largest absolute Gasteiger partial charge is 0.342 e. The Balaban J connectivity index is 0.00000264. The van der Waals surface area contributed by atoms with Crippen LogP contribution in [0.2, 0.25) is 0 Å². The number of halogens is 1. The van der Waals surface area contributed by atoms with E-state index >= 15 is 0 Å². The van der Waals surface area contributed by atoms with Gasteiger partial charge >= 0.3 is 0 Å². The van der Waals surface area contributed by atoms with Crippen molar-refractivity contribution in [3.05, 3.63) is 35.9 Å². The lowest BCUT2D eigenvalue weighted by atomic mass is 9.89. The van der Waals surface area contributed by atoms with Gasteiger partial charge in [-0.3, -0.25) is 4.79 Å². The molecule has 1 aromatic rings. The molecule has 0 aliphatic carbocycles. The van der Waals surface area contributed by atoms with E-state index in [1.54, 1.807) is 0 Å². The maximum absolute atomic E-state index is 12.6. The Kier molecular flexibility index (Phi) is 8.07. The molecule has 23 heavy (non-hydrogen) atoms. The number of carbonyl (C=O) groups excluding carboxylic acids is 1. The number of nitrogens with zero attached hydrogens (tertiary/aromatic N) is 1. The summed E-state index contributed by atoms with van der Waals surface area (Å²) in [5.41, 5.74) is 7.26. The van der Waals surface area contributed by atoms with Crippen LogP contribution in [0.5, 0.6) is 0 Å². The summed E-state index contributed by atoms with van der Waals surface area (Å²) in [6, 6.07) is 10.5. The predicted octanol–water partition coefficient (Wildman–Crippen LogP) is 3.68. The van der Waals surface area contributed by atoms with Crippen molar-refractivity contribution in [1.29, 1.82) is 0 Å². The summed E-state index contributed by atoms with van der Waals surface area (Å²) in [6.07, 6.45) is 1.78. The fraction of sp³-hybridized carbons (Fsp3) is 0.632. The van der Waals surface area contributed by atoms with Crippen molar-refractivity contribution in [3.8, 4) is 0 Å². The second-order valence-electron chi connectivity index (χ2n) is 7.25. The van der Waals surface area contributed by atoms with E-state index in [4.69, 9.17) is 5.73 Å². The highest BCUT2D eigenvalue weighted by molar-refractivity contribution is 5.85. The molecule has 2 rings (SSSR count). The number of benzene rings is 1. The summed E-state index contributed by atoms with van der Waals surface area (Å²) in [7, 11) is 0. The Morgan fingerprint density at radius 1 is 1.22 bits per heavy atom. The number of carbonyl (C=O) groups is 1. The van der Waals surface area contributed by atoms with Crippen LogP contribution >= 0.6 is 12.4 Å². The van der Waals surface area contributed by atoms with Crippen LogP contribution in [-0.4, -0.2) is 30.4 Å². The van der Waals surface area contributed by atoms with Crippen molar-refractivity contribution >= 4 is 18.3 Å². The molecular weight excluding hydrogens is 308 g/mol. The summed E-state index contributed by atoms with van der Waals surface area (Å²) >= 11 is 0. The van der Waals surface area contributed by atoms with Crippen molar-refractivity contribution in [2.45, 2.75) is 39.5 Å². The van der Waals surface area contributed by atoms with E-state index in [9.17, 15) is 4.79 Å². The van der Waals surface area contributed by atoms with Crippen LogP contribution in [0.4, 0.5) is 0 Å². The maximum atomic E-state index is 12.6. The number of likely N-dealkylation sites (tertiary alicyclic amines) is 1. The number of nitrogens with two attached hydrogens (primary N) is 1. The molecule has 0 bridgehead atoms. The molecule has 4 heteroatoms. The van der Waals surface area contributed by atoms with Crippen molar-refractivity contribution in [1.82, 2.24) is 4.90 Å². The van der Waals surface area contributed by atoms with Gasteiger partial charge in [0.1, 0.15) is 0 Å². The van der Waals surface area contributed by atoms with Gasteiger partial charge in [-0.25, -0.2) is 0 Å². The van der Waals surface area contributed by atoms with Crippen LogP contribution in [-0.2, 0) is 4.79 Å². The summed E-state index contributed by atoms with van der Waals surface area (Å²) in [4.78, 5) is 14.6. The summed E-state index contributed by atoms with van der Waals surface area (Å²) in [6.45, 7) is 8.88. The Bertz CT molecular complexity index is 478. The molecule has 0 aromatic heterocycles. The average molecular weight is 339 g/mol. The van der Waals surface area contributed by atoms with E-state index < -0.39 is 0 Å². The van der Waals surface area contributed by atoms with Crippen LogP contribution in [0, 0.1) is 17.8 Å². The smallest absolute Gasteiger partial charge is 0.222 e. The molecule has 1 aliphatic heterocycles. The second kappa shape index (κ2) is 9.29.